The summed E-state index contributed by atoms with van der Waals surface area (Å²) in [4.78, 5) is 14.8. The first kappa shape index (κ1) is 15.8. The number of halogens is 1. The van der Waals surface area contributed by atoms with E-state index in [1.807, 2.05) is 19.1 Å². The predicted molar refractivity (Wildman–Crippen MR) is 84.0 cm³/mol. The molecular weight excluding hydrogens is 310 g/mol. The number of hydrogen-bond donors (Lipinski definition) is 1. The van der Waals surface area contributed by atoms with E-state index < -0.39 is 5.97 Å². The van der Waals surface area contributed by atoms with Gasteiger partial charge in [-0.3, -0.25) is 0 Å². The zero-order chi connectivity index (χ0) is 15.8. The van der Waals surface area contributed by atoms with Crippen LogP contribution in [0.4, 0.5) is 0 Å². The maximum Gasteiger partial charge on any atom is 0.349 e. The quantitative estimate of drug-likeness (QED) is 0.872. The lowest BCUT2D eigenvalue weighted by Crippen LogP contribution is -2.11. The highest BCUT2D eigenvalue weighted by Gasteiger charge is 2.18. The Balaban J connectivity index is 2.28. The minimum absolute atomic E-state index is 0.0179. The standard InChI is InChI=1S/C15H16ClNO3S/c1-8-7-9(15(2,3)4)5-6-10(8)20-14-17-12(16)11(21-14)13(18)19/h5-7H,1-4H3,(H,18,19). The van der Waals surface area contributed by atoms with Crippen LogP contribution in [0.5, 0.6) is 10.9 Å². The van der Waals surface area contributed by atoms with Crippen molar-refractivity contribution in [3.05, 3.63) is 39.4 Å². The van der Waals surface area contributed by atoms with Crippen molar-refractivity contribution < 1.29 is 14.6 Å². The van der Waals surface area contributed by atoms with Gasteiger partial charge in [0.05, 0.1) is 0 Å². The topological polar surface area (TPSA) is 59.4 Å². The van der Waals surface area contributed by atoms with Gasteiger partial charge in [0.1, 0.15) is 5.75 Å². The molecule has 1 aromatic heterocycles. The van der Waals surface area contributed by atoms with Crippen LogP contribution in [0.1, 0.15) is 41.6 Å². The van der Waals surface area contributed by atoms with Crippen LogP contribution in [0.2, 0.25) is 5.15 Å². The summed E-state index contributed by atoms with van der Waals surface area (Å²) in [6.07, 6.45) is 0. The fraction of sp³-hybridized carbons (Fsp3) is 0.333. The number of aromatic carboxylic acids is 1. The van der Waals surface area contributed by atoms with Gasteiger partial charge in [-0.25, -0.2) is 4.79 Å². The number of ether oxygens (including phenoxy) is 1. The first-order valence-electron chi connectivity index (χ1n) is 6.37. The third-order valence-electron chi connectivity index (χ3n) is 3.00. The van der Waals surface area contributed by atoms with Gasteiger partial charge in [-0.2, -0.15) is 4.98 Å². The molecule has 2 rings (SSSR count). The highest BCUT2D eigenvalue weighted by Crippen LogP contribution is 2.34. The third kappa shape index (κ3) is 3.54. The SMILES string of the molecule is Cc1cc(C(C)(C)C)ccc1Oc1nc(Cl)c(C(=O)O)s1. The van der Waals surface area contributed by atoms with Gasteiger partial charge in [0.2, 0.25) is 0 Å². The van der Waals surface area contributed by atoms with E-state index in [-0.39, 0.29) is 20.6 Å². The van der Waals surface area contributed by atoms with Gasteiger partial charge in [0, 0.05) is 0 Å². The molecule has 0 aliphatic carbocycles. The molecule has 0 unspecified atom stereocenters. The van der Waals surface area contributed by atoms with E-state index in [0.717, 1.165) is 16.9 Å². The Morgan fingerprint density at radius 1 is 1.38 bits per heavy atom. The summed E-state index contributed by atoms with van der Waals surface area (Å²) >= 11 is 6.69. The van der Waals surface area contributed by atoms with Gasteiger partial charge in [-0.1, -0.05) is 55.8 Å². The number of carbonyl (C=O) groups is 1. The number of aryl methyl sites for hydroxylation is 1. The van der Waals surface area contributed by atoms with E-state index in [0.29, 0.717) is 5.75 Å². The van der Waals surface area contributed by atoms with Crippen LogP contribution < -0.4 is 4.74 Å². The third-order valence-corrected chi connectivity index (χ3v) is 4.31. The molecule has 0 aliphatic rings. The second kappa shape index (κ2) is 5.66. The fourth-order valence-corrected chi connectivity index (χ4v) is 2.77. The zero-order valence-corrected chi connectivity index (χ0v) is 13.8. The number of nitrogens with zero attached hydrogens (tertiary/aromatic N) is 1. The van der Waals surface area contributed by atoms with Crippen molar-refractivity contribution in [2.45, 2.75) is 33.1 Å². The molecule has 1 N–H and O–H groups in total. The largest absolute Gasteiger partial charge is 0.477 e. The summed E-state index contributed by atoms with van der Waals surface area (Å²) in [5.74, 6) is -0.461. The normalized spacial score (nSPS) is 11.5. The first-order valence-corrected chi connectivity index (χ1v) is 7.56. The fourth-order valence-electron chi connectivity index (χ4n) is 1.78. The van der Waals surface area contributed by atoms with Crippen molar-refractivity contribution in [1.82, 2.24) is 4.98 Å². The Bertz CT molecular complexity index is 689. The molecule has 112 valence electrons. The number of thiazole rings is 1. The minimum atomic E-state index is -1.10. The first-order chi connectivity index (χ1) is 9.68. The highest BCUT2D eigenvalue weighted by atomic mass is 35.5. The summed E-state index contributed by atoms with van der Waals surface area (Å²) in [6.45, 7) is 8.37. The van der Waals surface area contributed by atoms with Crippen LogP contribution in [0.15, 0.2) is 18.2 Å². The number of aromatic nitrogens is 1. The zero-order valence-electron chi connectivity index (χ0n) is 12.2. The summed E-state index contributed by atoms with van der Waals surface area (Å²) in [7, 11) is 0. The molecule has 0 saturated carbocycles. The summed E-state index contributed by atoms with van der Waals surface area (Å²) < 4.78 is 5.65. The van der Waals surface area contributed by atoms with Gasteiger partial charge in [0.15, 0.2) is 10.0 Å². The van der Waals surface area contributed by atoms with Crippen LogP contribution in [0.25, 0.3) is 0 Å². The van der Waals surface area contributed by atoms with Crippen molar-refractivity contribution >= 4 is 28.9 Å². The predicted octanol–water partition coefficient (Wildman–Crippen LogP) is 4.89. The van der Waals surface area contributed by atoms with E-state index in [4.69, 9.17) is 21.4 Å². The maximum atomic E-state index is 10.9. The van der Waals surface area contributed by atoms with Crippen molar-refractivity contribution in [3.63, 3.8) is 0 Å². The smallest absolute Gasteiger partial charge is 0.349 e. The molecule has 0 radical (unpaired) electrons. The Morgan fingerprint density at radius 3 is 2.52 bits per heavy atom. The summed E-state index contributed by atoms with van der Waals surface area (Å²) in [6, 6.07) is 5.92. The number of hydrogen-bond acceptors (Lipinski definition) is 4. The molecule has 0 amide bonds. The molecule has 21 heavy (non-hydrogen) atoms. The molecule has 4 nitrogen and oxygen atoms in total. The lowest BCUT2D eigenvalue weighted by atomic mass is 9.86. The molecular formula is C15H16ClNO3S. The van der Waals surface area contributed by atoms with Gasteiger partial charge in [-0.15, -0.1) is 0 Å². The van der Waals surface area contributed by atoms with Crippen LogP contribution >= 0.6 is 22.9 Å². The molecule has 6 heteroatoms. The van der Waals surface area contributed by atoms with E-state index in [9.17, 15) is 4.79 Å². The van der Waals surface area contributed by atoms with Crippen LogP contribution in [-0.2, 0) is 5.41 Å². The Hall–Kier alpha value is -1.59. The van der Waals surface area contributed by atoms with E-state index in [1.165, 1.54) is 5.56 Å². The molecule has 1 heterocycles. The van der Waals surface area contributed by atoms with Gasteiger partial charge < -0.3 is 9.84 Å². The molecule has 0 aliphatic heterocycles. The molecule has 0 atom stereocenters. The van der Waals surface area contributed by atoms with E-state index in [1.54, 1.807) is 0 Å². The number of carboxylic acids is 1. The van der Waals surface area contributed by atoms with E-state index in [2.05, 4.69) is 31.8 Å². The average molecular weight is 326 g/mol. The number of benzene rings is 1. The number of rotatable bonds is 3. The number of carboxylic acid groups (broad SMARTS) is 1. The molecule has 0 saturated heterocycles. The van der Waals surface area contributed by atoms with Crippen molar-refractivity contribution in [2.24, 2.45) is 0 Å². The van der Waals surface area contributed by atoms with Crippen molar-refractivity contribution in [2.75, 3.05) is 0 Å². The summed E-state index contributed by atoms with van der Waals surface area (Å²) in [5, 5.41) is 9.13. The van der Waals surface area contributed by atoms with Gasteiger partial charge in [-0.05, 0) is 29.5 Å². The molecule has 1 aromatic carbocycles. The van der Waals surface area contributed by atoms with E-state index >= 15 is 0 Å². The lowest BCUT2D eigenvalue weighted by molar-refractivity contribution is 0.0702. The monoisotopic (exact) mass is 325 g/mol. The maximum absolute atomic E-state index is 10.9. The van der Waals surface area contributed by atoms with Crippen molar-refractivity contribution in [3.8, 4) is 10.9 Å². The minimum Gasteiger partial charge on any atom is -0.477 e. The molecule has 2 aromatic rings. The Morgan fingerprint density at radius 2 is 2.05 bits per heavy atom. The molecule has 0 bridgehead atoms. The Labute approximate surface area is 132 Å². The second-order valence-electron chi connectivity index (χ2n) is 5.74. The van der Waals surface area contributed by atoms with Crippen LogP contribution in [-0.4, -0.2) is 16.1 Å². The lowest BCUT2D eigenvalue weighted by Gasteiger charge is -2.20. The van der Waals surface area contributed by atoms with Gasteiger partial charge in [0.25, 0.3) is 5.19 Å². The van der Waals surface area contributed by atoms with Crippen LogP contribution in [0.3, 0.4) is 0 Å². The average Bonchev–Trinajstić information content (AvgIpc) is 2.71. The van der Waals surface area contributed by atoms with Crippen LogP contribution in [0, 0.1) is 6.92 Å². The summed E-state index contributed by atoms with van der Waals surface area (Å²) in [5.41, 5.74) is 2.23. The highest BCUT2D eigenvalue weighted by molar-refractivity contribution is 7.15. The second-order valence-corrected chi connectivity index (χ2v) is 7.06. The van der Waals surface area contributed by atoms with Crippen molar-refractivity contribution in [1.29, 1.82) is 0 Å². The van der Waals surface area contributed by atoms with Gasteiger partial charge >= 0.3 is 5.97 Å². The Kier molecular flexibility index (Phi) is 4.25. The molecule has 0 fully saturated rings. The molecule has 0 spiro atoms.